The van der Waals surface area contributed by atoms with Crippen molar-refractivity contribution in [2.24, 2.45) is 13.0 Å². The number of rotatable bonds is 5. The number of carbonyl (C=O) groups is 2. The Morgan fingerprint density at radius 2 is 2.06 bits per heavy atom. The van der Waals surface area contributed by atoms with Gasteiger partial charge in [0.1, 0.15) is 0 Å². The van der Waals surface area contributed by atoms with Crippen LogP contribution in [0.4, 0.5) is 0 Å². The molecule has 2 N–H and O–H groups in total. The second-order valence-electron chi connectivity index (χ2n) is 4.32. The number of nitrogens with zero attached hydrogens (tertiary/aromatic N) is 2. The van der Waals surface area contributed by atoms with Crippen LogP contribution in [0, 0.1) is 19.8 Å². The predicted octanol–water partition coefficient (Wildman–Crippen LogP) is 0.878. The minimum atomic E-state index is -0.891. The molecule has 1 atom stereocenters. The summed E-state index contributed by atoms with van der Waals surface area (Å²) in [4.78, 5) is 22.8. The molecule has 1 rings (SSSR count). The Balaban J connectivity index is 2.74. The second-order valence-corrected chi connectivity index (χ2v) is 4.32. The summed E-state index contributed by atoms with van der Waals surface area (Å²) in [5, 5.41) is 15.7. The second kappa shape index (κ2) is 5.66. The highest BCUT2D eigenvalue weighted by Gasteiger charge is 2.20. The van der Waals surface area contributed by atoms with Gasteiger partial charge >= 0.3 is 5.97 Å². The van der Waals surface area contributed by atoms with Crippen molar-refractivity contribution in [1.29, 1.82) is 0 Å². The first kappa shape index (κ1) is 14.2. The standard InChI is InChI=1S/C12H19N3O3/c1-5-9(12(17)18)6-13-11(16)10-7(2)14-15(4)8(10)3/h9H,5-6H2,1-4H3,(H,13,16)(H,17,18). The lowest BCUT2D eigenvalue weighted by Gasteiger charge is -2.11. The van der Waals surface area contributed by atoms with E-state index in [4.69, 9.17) is 5.11 Å². The van der Waals surface area contributed by atoms with E-state index in [1.807, 2.05) is 6.92 Å². The molecule has 0 aliphatic carbocycles. The fourth-order valence-corrected chi connectivity index (χ4v) is 1.81. The van der Waals surface area contributed by atoms with Gasteiger partial charge in [-0.1, -0.05) is 6.92 Å². The molecule has 6 heteroatoms. The number of aromatic nitrogens is 2. The number of hydrogen-bond donors (Lipinski definition) is 2. The highest BCUT2D eigenvalue weighted by Crippen LogP contribution is 2.11. The topological polar surface area (TPSA) is 84.2 Å². The van der Waals surface area contributed by atoms with Gasteiger partial charge in [0.25, 0.3) is 5.91 Å². The molecule has 1 unspecified atom stereocenters. The molecule has 1 heterocycles. The van der Waals surface area contributed by atoms with Gasteiger partial charge < -0.3 is 10.4 Å². The van der Waals surface area contributed by atoms with E-state index < -0.39 is 11.9 Å². The maximum absolute atomic E-state index is 12.0. The van der Waals surface area contributed by atoms with Crippen LogP contribution >= 0.6 is 0 Å². The molecule has 1 amide bonds. The van der Waals surface area contributed by atoms with E-state index in [1.54, 1.807) is 25.6 Å². The van der Waals surface area contributed by atoms with Crippen molar-refractivity contribution in [3.63, 3.8) is 0 Å². The van der Waals surface area contributed by atoms with Crippen LogP contribution in [0.15, 0.2) is 0 Å². The van der Waals surface area contributed by atoms with Crippen molar-refractivity contribution < 1.29 is 14.7 Å². The first-order valence-electron chi connectivity index (χ1n) is 5.89. The maximum Gasteiger partial charge on any atom is 0.308 e. The zero-order chi connectivity index (χ0) is 13.9. The molecule has 0 aliphatic heterocycles. The van der Waals surface area contributed by atoms with Gasteiger partial charge in [-0.15, -0.1) is 0 Å². The van der Waals surface area contributed by atoms with E-state index >= 15 is 0 Å². The number of aryl methyl sites for hydroxylation is 2. The summed E-state index contributed by atoms with van der Waals surface area (Å²) in [5.74, 6) is -1.71. The largest absolute Gasteiger partial charge is 0.481 e. The molecule has 0 fully saturated rings. The number of hydrogen-bond acceptors (Lipinski definition) is 3. The van der Waals surface area contributed by atoms with Gasteiger partial charge in [-0.2, -0.15) is 5.10 Å². The number of nitrogens with one attached hydrogen (secondary N) is 1. The van der Waals surface area contributed by atoms with Gasteiger partial charge in [-0.05, 0) is 20.3 Å². The molecular formula is C12H19N3O3. The maximum atomic E-state index is 12.0. The third-order valence-corrected chi connectivity index (χ3v) is 3.09. The number of carboxylic acids is 1. The molecule has 6 nitrogen and oxygen atoms in total. The van der Waals surface area contributed by atoms with Crippen molar-refractivity contribution in [2.75, 3.05) is 6.54 Å². The van der Waals surface area contributed by atoms with Gasteiger partial charge in [-0.25, -0.2) is 0 Å². The average molecular weight is 253 g/mol. The number of amides is 1. The number of carbonyl (C=O) groups excluding carboxylic acids is 1. The minimum absolute atomic E-state index is 0.137. The number of aliphatic carboxylic acids is 1. The predicted molar refractivity (Wildman–Crippen MR) is 66.4 cm³/mol. The van der Waals surface area contributed by atoms with Gasteiger partial charge in [0, 0.05) is 19.3 Å². The summed E-state index contributed by atoms with van der Waals surface area (Å²) in [6, 6.07) is 0. The average Bonchev–Trinajstić information content (AvgIpc) is 2.53. The fourth-order valence-electron chi connectivity index (χ4n) is 1.81. The molecule has 0 saturated heterocycles. The molecule has 100 valence electrons. The highest BCUT2D eigenvalue weighted by molar-refractivity contribution is 5.96. The molecule has 0 spiro atoms. The molecule has 0 bridgehead atoms. The monoisotopic (exact) mass is 253 g/mol. The van der Waals surface area contributed by atoms with Crippen LogP contribution < -0.4 is 5.32 Å². The molecular weight excluding hydrogens is 234 g/mol. The third kappa shape index (κ3) is 2.88. The van der Waals surface area contributed by atoms with E-state index in [9.17, 15) is 9.59 Å². The zero-order valence-electron chi connectivity index (χ0n) is 11.1. The van der Waals surface area contributed by atoms with Crippen molar-refractivity contribution in [1.82, 2.24) is 15.1 Å². The number of carboxylic acid groups (broad SMARTS) is 1. The quantitative estimate of drug-likeness (QED) is 0.815. The van der Waals surface area contributed by atoms with Crippen molar-refractivity contribution in [3.05, 3.63) is 17.0 Å². The van der Waals surface area contributed by atoms with Crippen LogP contribution in [-0.2, 0) is 11.8 Å². The van der Waals surface area contributed by atoms with Crippen molar-refractivity contribution in [2.45, 2.75) is 27.2 Å². The van der Waals surface area contributed by atoms with Crippen LogP contribution in [0.3, 0.4) is 0 Å². The third-order valence-electron chi connectivity index (χ3n) is 3.09. The van der Waals surface area contributed by atoms with Gasteiger partial charge in [0.15, 0.2) is 0 Å². The van der Waals surface area contributed by atoms with Gasteiger partial charge in [-0.3, -0.25) is 14.3 Å². The zero-order valence-corrected chi connectivity index (χ0v) is 11.1. The van der Waals surface area contributed by atoms with Crippen LogP contribution in [-0.4, -0.2) is 33.3 Å². The van der Waals surface area contributed by atoms with Crippen LogP contribution in [0.1, 0.15) is 35.1 Å². The summed E-state index contributed by atoms with van der Waals surface area (Å²) in [6.45, 7) is 5.49. The van der Waals surface area contributed by atoms with Crippen molar-refractivity contribution >= 4 is 11.9 Å². The Morgan fingerprint density at radius 3 is 2.44 bits per heavy atom. The van der Waals surface area contributed by atoms with Crippen LogP contribution in [0.2, 0.25) is 0 Å². The molecule has 1 aromatic heterocycles. The summed E-state index contributed by atoms with van der Waals surface area (Å²) in [5.41, 5.74) is 1.95. The Bertz CT molecular complexity index is 465. The molecule has 18 heavy (non-hydrogen) atoms. The summed E-state index contributed by atoms with van der Waals surface area (Å²) >= 11 is 0. The smallest absolute Gasteiger partial charge is 0.308 e. The minimum Gasteiger partial charge on any atom is -0.481 e. The SMILES string of the molecule is CCC(CNC(=O)c1c(C)nn(C)c1C)C(=O)O. The van der Waals surface area contributed by atoms with E-state index in [0.717, 1.165) is 5.69 Å². The van der Waals surface area contributed by atoms with Gasteiger partial charge in [0.2, 0.25) is 0 Å². The first-order valence-corrected chi connectivity index (χ1v) is 5.89. The highest BCUT2D eigenvalue weighted by atomic mass is 16.4. The fraction of sp³-hybridized carbons (Fsp3) is 0.583. The lowest BCUT2D eigenvalue weighted by Crippen LogP contribution is -2.33. The van der Waals surface area contributed by atoms with Gasteiger partial charge in [0.05, 0.1) is 17.2 Å². The Kier molecular flexibility index (Phi) is 4.47. The molecule has 0 radical (unpaired) electrons. The normalized spacial score (nSPS) is 12.2. The Labute approximate surface area is 106 Å². The molecule has 0 aromatic carbocycles. The molecule has 0 saturated carbocycles. The Hall–Kier alpha value is -1.85. The van der Waals surface area contributed by atoms with E-state index in [0.29, 0.717) is 17.7 Å². The first-order chi connectivity index (χ1) is 8.38. The molecule has 0 aliphatic rings. The Morgan fingerprint density at radius 1 is 1.44 bits per heavy atom. The van der Waals surface area contributed by atoms with Crippen LogP contribution in [0.25, 0.3) is 0 Å². The van der Waals surface area contributed by atoms with E-state index in [1.165, 1.54) is 0 Å². The van der Waals surface area contributed by atoms with E-state index in [-0.39, 0.29) is 12.5 Å². The van der Waals surface area contributed by atoms with Crippen LogP contribution in [0.5, 0.6) is 0 Å². The lowest BCUT2D eigenvalue weighted by molar-refractivity contribution is -0.141. The summed E-state index contributed by atoms with van der Waals surface area (Å²) in [6.07, 6.45) is 0.487. The summed E-state index contributed by atoms with van der Waals surface area (Å²) in [7, 11) is 1.77. The van der Waals surface area contributed by atoms with Crippen molar-refractivity contribution in [3.8, 4) is 0 Å². The lowest BCUT2D eigenvalue weighted by atomic mass is 10.1. The van der Waals surface area contributed by atoms with E-state index in [2.05, 4.69) is 10.4 Å². The summed E-state index contributed by atoms with van der Waals surface area (Å²) < 4.78 is 1.64. The molecule has 1 aromatic rings.